The van der Waals surface area contributed by atoms with Crippen LogP contribution < -0.4 is 15.4 Å². The molecule has 1 aliphatic rings. The average molecular weight is 398 g/mol. The van der Waals surface area contributed by atoms with Crippen molar-refractivity contribution in [2.45, 2.75) is 25.8 Å². The number of hydrogen-bond acceptors (Lipinski definition) is 6. The number of rotatable bonds is 6. The van der Waals surface area contributed by atoms with Gasteiger partial charge in [0.1, 0.15) is 11.4 Å². The Morgan fingerprint density at radius 1 is 1.17 bits per heavy atom. The van der Waals surface area contributed by atoms with E-state index < -0.39 is 0 Å². The molecular weight excluding hydrogens is 372 g/mol. The third-order valence-electron chi connectivity index (χ3n) is 4.74. The molecule has 3 rings (SSSR count). The molecule has 2 amide bonds. The normalized spacial score (nSPS) is 14.2. The highest BCUT2D eigenvalue weighted by atomic mass is 16.6. The molecule has 0 unspecified atom stereocenters. The van der Waals surface area contributed by atoms with E-state index in [1.807, 2.05) is 18.2 Å². The maximum atomic E-state index is 12.4. The van der Waals surface area contributed by atoms with E-state index >= 15 is 0 Å². The van der Waals surface area contributed by atoms with E-state index in [2.05, 4.69) is 15.6 Å². The van der Waals surface area contributed by atoms with Gasteiger partial charge in [-0.05, 0) is 44.0 Å². The molecule has 0 radical (unpaired) electrons. The van der Waals surface area contributed by atoms with Crippen molar-refractivity contribution < 1.29 is 19.1 Å². The predicted octanol–water partition coefficient (Wildman–Crippen LogP) is 3.38. The minimum atomic E-state index is -0.302. The van der Waals surface area contributed by atoms with Gasteiger partial charge in [0.05, 0.1) is 31.3 Å². The summed E-state index contributed by atoms with van der Waals surface area (Å²) in [5.74, 6) is 0.289. The van der Waals surface area contributed by atoms with Crippen molar-refractivity contribution >= 4 is 23.4 Å². The van der Waals surface area contributed by atoms with E-state index in [1.165, 1.54) is 0 Å². The Bertz CT molecular complexity index is 833. The molecule has 1 aromatic carbocycles. The van der Waals surface area contributed by atoms with Crippen LogP contribution in [0.4, 0.5) is 16.2 Å². The van der Waals surface area contributed by atoms with E-state index in [4.69, 9.17) is 9.47 Å². The van der Waals surface area contributed by atoms with Crippen LogP contribution >= 0.6 is 0 Å². The number of nitrogens with one attached hydrogen (secondary N) is 2. The number of pyridine rings is 1. The number of para-hydroxylation sites is 2. The highest BCUT2D eigenvalue weighted by Gasteiger charge is 2.23. The minimum Gasteiger partial charge on any atom is -0.495 e. The molecule has 29 heavy (non-hydrogen) atoms. The first-order valence-corrected chi connectivity index (χ1v) is 9.69. The summed E-state index contributed by atoms with van der Waals surface area (Å²) >= 11 is 0. The van der Waals surface area contributed by atoms with E-state index in [0.717, 1.165) is 18.5 Å². The van der Waals surface area contributed by atoms with Gasteiger partial charge in [-0.3, -0.25) is 4.79 Å². The Kier molecular flexibility index (Phi) is 6.89. The summed E-state index contributed by atoms with van der Waals surface area (Å²) in [6, 6.07) is 11.0. The number of piperidine rings is 1. The maximum absolute atomic E-state index is 12.4. The van der Waals surface area contributed by atoms with E-state index in [0.29, 0.717) is 36.8 Å². The fraction of sp³-hybridized carbons (Fsp3) is 0.381. The molecule has 2 aromatic rings. The number of nitrogens with zero attached hydrogens (tertiary/aromatic N) is 2. The van der Waals surface area contributed by atoms with Crippen molar-refractivity contribution in [2.75, 3.05) is 37.4 Å². The van der Waals surface area contributed by atoms with Gasteiger partial charge in [-0.15, -0.1) is 0 Å². The number of carbonyl (C=O) groups is 2. The van der Waals surface area contributed by atoms with Crippen LogP contribution in [0.15, 0.2) is 42.6 Å². The fourth-order valence-electron chi connectivity index (χ4n) is 3.20. The van der Waals surface area contributed by atoms with Crippen molar-refractivity contribution in [2.24, 2.45) is 0 Å². The lowest BCUT2D eigenvalue weighted by Crippen LogP contribution is -2.42. The number of amides is 2. The van der Waals surface area contributed by atoms with E-state index in [9.17, 15) is 9.59 Å². The van der Waals surface area contributed by atoms with Crippen LogP contribution in [-0.2, 0) is 4.74 Å². The van der Waals surface area contributed by atoms with Crippen molar-refractivity contribution in [1.82, 2.24) is 9.88 Å². The first-order chi connectivity index (χ1) is 14.1. The summed E-state index contributed by atoms with van der Waals surface area (Å²) in [4.78, 5) is 30.2. The Morgan fingerprint density at radius 2 is 1.93 bits per heavy atom. The zero-order valence-corrected chi connectivity index (χ0v) is 16.7. The van der Waals surface area contributed by atoms with E-state index in [1.54, 1.807) is 43.3 Å². The second kappa shape index (κ2) is 9.77. The van der Waals surface area contributed by atoms with Crippen LogP contribution in [0.5, 0.6) is 5.75 Å². The third kappa shape index (κ3) is 5.37. The summed E-state index contributed by atoms with van der Waals surface area (Å²) in [6.45, 7) is 3.51. The van der Waals surface area contributed by atoms with Gasteiger partial charge >= 0.3 is 6.09 Å². The molecule has 2 N–H and O–H groups in total. The average Bonchev–Trinajstić information content (AvgIpc) is 2.75. The van der Waals surface area contributed by atoms with Gasteiger partial charge in [0.2, 0.25) is 0 Å². The number of likely N-dealkylation sites (tertiary alicyclic amines) is 1. The lowest BCUT2D eigenvalue weighted by molar-refractivity contribution is 0.0982. The van der Waals surface area contributed by atoms with Gasteiger partial charge in [-0.2, -0.15) is 0 Å². The second-order valence-electron chi connectivity index (χ2n) is 6.69. The Labute approximate surface area is 170 Å². The van der Waals surface area contributed by atoms with Crippen LogP contribution in [-0.4, -0.2) is 54.7 Å². The van der Waals surface area contributed by atoms with Crippen LogP contribution in [0.3, 0.4) is 0 Å². The molecule has 0 spiro atoms. The molecule has 2 heterocycles. The van der Waals surface area contributed by atoms with Crippen LogP contribution in [0.2, 0.25) is 0 Å². The summed E-state index contributed by atoms with van der Waals surface area (Å²) in [5.41, 5.74) is 1.75. The second-order valence-corrected chi connectivity index (χ2v) is 6.69. The SMILES string of the molecule is CCOC(=O)N1CCC(Nc2ccc(C(=O)Nc3ccccc3OC)nc2)CC1. The van der Waals surface area contributed by atoms with Crippen LogP contribution in [0.25, 0.3) is 0 Å². The molecule has 8 heteroatoms. The molecule has 8 nitrogen and oxygen atoms in total. The molecule has 1 aliphatic heterocycles. The topological polar surface area (TPSA) is 92.8 Å². The molecule has 1 fully saturated rings. The van der Waals surface area contributed by atoms with Gasteiger partial charge in [-0.1, -0.05) is 12.1 Å². The van der Waals surface area contributed by atoms with Crippen molar-refractivity contribution in [1.29, 1.82) is 0 Å². The number of aromatic nitrogens is 1. The Balaban J connectivity index is 1.53. The molecule has 1 aromatic heterocycles. The van der Waals surface area contributed by atoms with Crippen molar-refractivity contribution in [3.63, 3.8) is 0 Å². The molecule has 0 atom stereocenters. The summed E-state index contributed by atoms with van der Waals surface area (Å²) in [6.07, 6.45) is 3.05. The minimum absolute atomic E-state index is 0.246. The number of hydrogen-bond donors (Lipinski definition) is 2. The number of anilines is 2. The molecule has 1 saturated heterocycles. The molecule has 0 bridgehead atoms. The lowest BCUT2D eigenvalue weighted by atomic mass is 10.1. The maximum Gasteiger partial charge on any atom is 0.409 e. The first kappa shape index (κ1) is 20.4. The van der Waals surface area contributed by atoms with Crippen LogP contribution in [0, 0.1) is 0 Å². The molecular formula is C21H26N4O4. The van der Waals surface area contributed by atoms with Gasteiger partial charge in [0.15, 0.2) is 0 Å². The van der Waals surface area contributed by atoms with Crippen molar-refractivity contribution in [3.05, 3.63) is 48.3 Å². The number of ether oxygens (including phenoxy) is 2. The summed E-state index contributed by atoms with van der Waals surface area (Å²) in [5, 5.41) is 6.22. The highest BCUT2D eigenvalue weighted by molar-refractivity contribution is 6.03. The standard InChI is InChI=1S/C21H26N4O4/c1-3-29-21(27)25-12-10-15(11-13-25)23-16-8-9-18(22-14-16)20(26)24-17-6-4-5-7-19(17)28-2/h4-9,14-15,23H,3,10-13H2,1-2H3,(H,24,26). The fourth-order valence-corrected chi connectivity index (χ4v) is 3.20. The van der Waals surface area contributed by atoms with Crippen molar-refractivity contribution in [3.8, 4) is 5.75 Å². The number of benzene rings is 1. The van der Waals surface area contributed by atoms with E-state index in [-0.39, 0.29) is 18.0 Å². The molecule has 154 valence electrons. The monoisotopic (exact) mass is 398 g/mol. The summed E-state index contributed by atoms with van der Waals surface area (Å²) < 4.78 is 10.3. The van der Waals surface area contributed by atoms with Gasteiger partial charge in [0.25, 0.3) is 5.91 Å². The molecule has 0 aliphatic carbocycles. The third-order valence-corrected chi connectivity index (χ3v) is 4.74. The molecule has 0 saturated carbocycles. The highest BCUT2D eigenvalue weighted by Crippen LogP contribution is 2.23. The van der Waals surface area contributed by atoms with Gasteiger partial charge in [0, 0.05) is 19.1 Å². The number of carbonyl (C=O) groups excluding carboxylic acids is 2. The Hall–Kier alpha value is -3.29. The van der Waals surface area contributed by atoms with Gasteiger partial charge in [-0.25, -0.2) is 9.78 Å². The first-order valence-electron chi connectivity index (χ1n) is 9.69. The zero-order valence-electron chi connectivity index (χ0n) is 16.7. The van der Waals surface area contributed by atoms with Crippen LogP contribution in [0.1, 0.15) is 30.3 Å². The smallest absolute Gasteiger partial charge is 0.409 e. The largest absolute Gasteiger partial charge is 0.495 e. The lowest BCUT2D eigenvalue weighted by Gasteiger charge is -2.32. The van der Waals surface area contributed by atoms with Gasteiger partial charge < -0.3 is 25.0 Å². The zero-order chi connectivity index (χ0) is 20.6. The summed E-state index contributed by atoms with van der Waals surface area (Å²) in [7, 11) is 1.56. The number of methoxy groups -OCH3 is 1. The quantitative estimate of drug-likeness (QED) is 0.775. The predicted molar refractivity (Wildman–Crippen MR) is 110 cm³/mol. The Morgan fingerprint density at radius 3 is 2.59 bits per heavy atom.